The lowest BCUT2D eigenvalue weighted by Gasteiger charge is -2.24. The van der Waals surface area contributed by atoms with Gasteiger partial charge in [-0.3, -0.25) is 14.5 Å². The fourth-order valence-electron chi connectivity index (χ4n) is 5.17. The second-order valence-corrected chi connectivity index (χ2v) is 12.0. The van der Waals surface area contributed by atoms with Crippen LogP contribution in [-0.2, 0) is 22.2 Å². The second kappa shape index (κ2) is 8.30. The number of carboxylic acid groups (broad SMARTS) is 1. The Hall–Kier alpha value is -3.93. The van der Waals surface area contributed by atoms with Crippen LogP contribution in [0.15, 0.2) is 60.7 Å². The van der Waals surface area contributed by atoms with Gasteiger partial charge >= 0.3 is 5.97 Å². The number of carbonyl (C=O) groups is 3. The highest BCUT2D eigenvalue weighted by Gasteiger charge is 2.43. The molecule has 1 N–H and O–H groups in total. The first-order valence-electron chi connectivity index (χ1n) is 12.6. The van der Waals surface area contributed by atoms with Crippen LogP contribution in [0.4, 0.5) is 0 Å². The molecule has 4 aromatic rings. The zero-order chi connectivity index (χ0) is 26.9. The number of rotatable bonds is 4. The Bertz CT molecular complexity index is 1490. The molecule has 0 radical (unpaired) electrons. The highest BCUT2D eigenvalue weighted by Crippen LogP contribution is 2.36. The molecule has 6 heteroatoms. The summed E-state index contributed by atoms with van der Waals surface area (Å²) in [6, 6.07) is 17.7. The van der Waals surface area contributed by atoms with Gasteiger partial charge in [0.15, 0.2) is 6.04 Å². The summed E-state index contributed by atoms with van der Waals surface area (Å²) in [6.07, 6.45) is 0. The topological polar surface area (TPSA) is 79.6 Å². The van der Waals surface area contributed by atoms with Crippen molar-refractivity contribution in [3.63, 3.8) is 0 Å². The molecule has 3 aromatic carbocycles. The Labute approximate surface area is 216 Å². The van der Waals surface area contributed by atoms with E-state index in [0.717, 1.165) is 26.7 Å². The summed E-state index contributed by atoms with van der Waals surface area (Å²) in [6.45, 7) is 12.9. The molecule has 0 saturated carbocycles. The zero-order valence-corrected chi connectivity index (χ0v) is 22.1. The van der Waals surface area contributed by atoms with E-state index in [4.69, 9.17) is 0 Å². The summed E-state index contributed by atoms with van der Waals surface area (Å²) in [4.78, 5) is 39.7. The van der Waals surface area contributed by atoms with Gasteiger partial charge in [0.05, 0.1) is 17.7 Å². The molecule has 5 rings (SSSR count). The van der Waals surface area contributed by atoms with Gasteiger partial charge in [0.2, 0.25) is 0 Å². The van der Waals surface area contributed by atoms with Crippen molar-refractivity contribution < 1.29 is 19.5 Å². The van der Waals surface area contributed by atoms with Gasteiger partial charge in [-0.1, -0.05) is 65.8 Å². The van der Waals surface area contributed by atoms with Crippen LogP contribution >= 0.6 is 0 Å². The standard InChI is InChI=1S/C31H32N2O4/c1-30(2,3)18-11-13-24-22(15-18)23-16-19(31(4,5)6)12-14-25(23)32(24)17-26(29(36)37)33-27(34)20-9-7-8-10-21(20)28(33)35/h7-16,26H,17H2,1-6H3,(H,36,37). The van der Waals surface area contributed by atoms with Gasteiger partial charge in [-0.05, 0) is 58.4 Å². The Balaban J connectivity index is 1.70. The van der Waals surface area contributed by atoms with E-state index in [2.05, 4.69) is 65.8 Å². The first kappa shape index (κ1) is 24.8. The molecule has 0 bridgehead atoms. The molecular weight excluding hydrogens is 464 g/mol. The van der Waals surface area contributed by atoms with E-state index in [1.807, 2.05) is 16.7 Å². The number of benzene rings is 3. The Morgan fingerprint density at radius 3 is 1.57 bits per heavy atom. The highest BCUT2D eigenvalue weighted by atomic mass is 16.4. The van der Waals surface area contributed by atoms with Crippen molar-refractivity contribution in [1.29, 1.82) is 0 Å². The molecule has 1 aliphatic rings. The van der Waals surface area contributed by atoms with Crippen LogP contribution in [0.5, 0.6) is 0 Å². The number of amides is 2. The summed E-state index contributed by atoms with van der Waals surface area (Å²) in [5, 5.41) is 12.3. The van der Waals surface area contributed by atoms with Gasteiger partial charge in [0.25, 0.3) is 11.8 Å². The average Bonchev–Trinajstić information content (AvgIpc) is 3.27. The minimum atomic E-state index is -1.35. The molecule has 2 heterocycles. The number of hydrogen-bond donors (Lipinski definition) is 1. The zero-order valence-electron chi connectivity index (χ0n) is 22.1. The predicted octanol–water partition coefficient (Wildman–Crippen LogP) is 6.14. The van der Waals surface area contributed by atoms with Gasteiger partial charge in [-0.25, -0.2) is 4.79 Å². The maximum absolute atomic E-state index is 13.2. The minimum absolute atomic E-state index is 0.0511. The van der Waals surface area contributed by atoms with Crippen LogP contribution < -0.4 is 0 Å². The molecule has 190 valence electrons. The van der Waals surface area contributed by atoms with Gasteiger partial charge in [-0.2, -0.15) is 0 Å². The summed E-state index contributed by atoms with van der Waals surface area (Å²) in [5.41, 5.74) is 4.46. The van der Waals surface area contributed by atoms with Gasteiger partial charge in [0.1, 0.15) is 0 Å². The summed E-state index contributed by atoms with van der Waals surface area (Å²) >= 11 is 0. The first-order valence-corrected chi connectivity index (χ1v) is 12.6. The molecule has 0 spiro atoms. The quantitative estimate of drug-likeness (QED) is 0.344. The van der Waals surface area contributed by atoms with Crippen molar-refractivity contribution in [2.45, 2.75) is 65.0 Å². The van der Waals surface area contributed by atoms with Crippen LogP contribution in [0, 0.1) is 0 Å². The summed E-state index contributed by atoms with van der Waals surface area (Å²) < 4.78 is 1.94. The van der Waals surface area contributed by atoms with E-state index < -0.39 is 23.8 Å². The van der Waals surface area contributed by atoms with Crippen LogP contribution in [0.2, 0.25) is 0 Å². The maximum Gasteiger partial charge on any atom is 0.328 e. The second-order valence-electron chi connectivity index (χ2n) is 12.0. The van der Waals surface area contributed by atoms with Crippen LogP contribution in [-0.4, -0.2) is 38.4 Å². The number of nitrogens with zero attached hydrogens (tertiary/aromatic N) is 2. The third kappa shape index (κ3) is 4.01. The number of carboxylic acids is 1. The van der Waals surface area contributed by atoms with Crippen molar-refractivity contribution in [3.8, 4) is 0 Å². The summed E-state index contributed by atoms with van der Waals surface area (Å²) in [5.74, 6) is -2.36. The molecule has 1 aliphatic heterocycles. The number of aromatic nitrogens is 1. The van der Waals surface area contributed by atoms with E-state index in [-0.39, 0.29) is 28.5 Å². The predicted molar refractivity (Wildman–Crippen MR) is 145 cm³/mol. The molecule has 6 nitrogen and oxygen atoms in total. The SMILES string of the molecule is CC(C)(C)c1ccc2c(c1)c1cc(C(C)(C)C)ccc1n2CC(C(=O)O)N1C(=O)c2ccccc2C1=O. The molecule has 0 aliphatic carbocycles. The van der Waals surface area contributed by atoms with Gasteiger partial charge < -0.3 is 9.67 Å². The highest BCUT2D eigenvalue weighted by molar-refractivity contribution is 6.22. The summed E-state index contributed by atoms with van der Waals surface area (Å²) in [7, 11) is 0. The van der Waals surface area contributed by atoms with E-state index in [0.29, 0.717) is 0 Å². The van der Waals surface area contributed by atoms with Crippen molar-refractivity contribution >= 4 is 39.6 Å². The largest absolute Gasteiger partial charge is 0.480 e. The monoisotopic (exact) mass is 496 g/mol. The number of fused-ring (bicyclic) bond motifs is 4. The van der Waals surface area contributed by atoms with Crippen molar-refractivity contribution in [1.82, 2.24) is 9.47 Å². The lowest BCUT2D eigenvalue weighted by Crippen LogP contribution is -2.47. The smallest absolute Gasteiger partial charge is 0.328 e. The van der Waals surface area contributed by atoms with Crippen LogP contribution in [0.25, 0.3) is 21.8 Å². The van der Waals surface area contributed by atoms with E-state index in [1.54, 1.807) is 24.3 Å². The normalized spacial score (nSPS) is 15.0. The van der Waals surface area contributed by atoms with E-state index in [9.17, 15) is 19.5 Å². The fraction of sp³-hybridized carbons (Fsp3) is 0.323. The molecule has 1 unspecified atom stereocenters. The number of imide groups is 1. The van der Waals surface area contributed by atoms with Crippen molar-refractivity contribution in [3.05, 3.63) is 82.9 Å². The molecule has 2 amide bonds. The molecule has 37 heavy (non-hydrogen) atoms. The number of aliphatic carboxylic acids is 1. The lowest BCUT2D eigenvalue weighted by molar-refractivity contribution is -0.142. The van der Waals surface area contributed by atoms with Crippen molar-refractivity contribution in [2.24, 2.45) is 0 Å². The molecule has 1 atom stereocenters. The molecule has 0 saturated heterocycles. The van der Waals surface area contributed by atoms with E-state index >= 15 is 0 Å². The Kier molecular flexibility index (Phi) is 5.55. The van der Waals surface area contributed by atoms with Crippen LogP contribution in [0.3, 0.4) is 0 Å². The first-order chi connectivity index (χ1) is 17.3. The third-order valence-electron chi connectivity index (χ3n) is 7.37. The number of hydrogen-bond acceptors (Lipinski definition) is 3. The maximum atomic E-state index is 13.2. The Morgan fingerprint density at radius 2 is 1.19 bits per heavy atom. The average molecular weight is 497 g/mol. The third-order valence-corrected chi connectivity index (χ3v) is 7.37. The molecule has 1 aromatic heterocycles. The van der Waals surface area contributed by atoms with Crippen LogP contribution in [0.1, 0.15) is 73.4 Å². The lowest BCUT2D eigenvalue weighted by atomic mass is 9.85. The van der Waals surface area contributed by atoms with Gasteiger partial charge in [-0.15, -0.1) is 0 Å². The van der Waals surface area contributed by atoms with Crippen molar-refractivity contribution in [2.75, 3.05) is 0 Å². The molecule has 0 fully saturated rings. The molecular formula is C31H32N2O4. The van der Waals surface area contributed by atoms with Gasteiger partial charge in [0, 0.05) is 21.8 Å². The fourth-order valence-corrected chi connectivity index (χ4v) is 5.17. The Morgan fingerprint density at radius 1 is 0.757 bits per heavy atom. The van der Waals surface area contributed by atoms with E-state index in [1.165, 1.54) is 11.1 Å². The minimum Gasteiger partial charge on any atom is -0.480 e. The number of carbonyl (C=O) groups excluding carboxylic acids is 2.